The summed E-state index contributed by atoms with van der Waals surface area (Å²) >= 11 is 0. The largest absolute Gasteiger partial charge is 0.484 e. The number of nitrogens with two attached hydrogens (primary N) is 1. The number of halogens is 3. The van der Waals surface area contributed by atoms with E-state index in [4.69, 9.17) is 10.5 Å². The first-order valence-corrected chi connectivity index (χ1v) is 6.74. The number of alkyl halides is 3. The van der Waals surface area contributed by atoms with E-state index in [0.29, 0.717) is 5.56 Å². The summed E-state index contributed by atoms with van der Waals surface area (Å²) in [6.45, 7) is -0.221. The molecule has 9 heteroatoms. The highest BCUT2D eigenvalue weighted by Gasteiger charge is 2.28. The highest BCUT2D eigenvalue weighted by molar-refractivity contribution is 5.85. The highest BCUT2D eigenvalue weighted by Crippen LogP contribution is 2.23. The molecule has 23 heavy (non-hydrogen) atoms. The minimum absolute atomic E-state index is 0.0230. The van der Waals surface area contributed by atoms with Gasteiger partial charge in [0.05, 0.1) is 13.1 Å². The Kier molecular flexibility index (Phi) is 6.83. The molecule has 1 rings (SSSR count). The van der Waals surface area contributed by atoms with Crippen molar-refractivity contribution in [2.45, 2.75) is 19.6 Å². The Bertz CT molecular complexity index is 562. The lowest BCUT2D eigenvalue weighted by Crippen LogP contribution is -2.39. The summed E-state index contributed by atoms with van der Waals surface area (Å²) in [6.07, 6.45) is -4.45. The van der Waals surface area contributed by atoms with Crippen molar-refractivity contribution in [2.75, 3.05) is 19.7 Å². The Labute approximate surface area is 131 Å². The monoisotopic (exact) mass is 333 g/mol. The van der Waals surface area contributed by atoms with Crippen LogP contribution in [0.15, 0.2) is 18.2 Å². The molecule has 0 aliphatic rings. The maximum absolute atomic E-state index is 12.3. The molecule has 2 amide bonds. The van der Waals surface area contributed by atoms with Gasteiger partial charge in [0.2, 0.25) is 11.8 Å². The normalized spacial score (nSPS) is 11.0. The van der Waals surface area contributed by atoms with Gasteiger partial charge in [0.15, 0.2) is 6.61 Å². The molecule has 0 bridgehead atoms. The molecule has 0 fully saturated rings. The quantitative estimate of drug-likeness (QED) is 0.682. The van der Waals surface area contributed by atoms with Crippen molar-refractivity contribution in [2.24, 2.45) is 5.73 Å². The first-order valence-electron chi connectivity index (χ1n) is 6.74. The van der Waals surface area contributed by atoms with E-state index in [1.165, 1.54) is 6.07 Å². The van der Waals surface area contributed by atoms with Gasteiger partial charge in [0.25, 0.3) is 0 Å². The van der Waals surface area contributed by atoms with Gasteiger partial charge in [0, 0.05) is 12.1 Å². The smallest absolute Gasteiger partial charge is 0.422 e. The molecule has 0 heterocycles. The average Bonchev–Trinajstić information content (AvgIpc) is 2.48. The van der Waals surface area contributed by atoms with Crippen LogP contribution >= 0.6 is 0 Å². The minimum atomic E-state index is -4.45. The SMILES string of the molecule is Cc1ccc(CNC(=O)CNC(=O)CN)c(OCC(F)(F)F)c1. The third-order valence-electron chi connectivity index (χ3n) is 2.72. The van der Waals surface area contributed by atoms with Crippen LogP contribution in [0.5, 0.6) is 5.75 Å². The number of nitrogens with one attached hydrogen (secondary N) is 2. The molecule has 0 aliphatic heterocycles. The second-order valence-corrected chi connectivity index (χ2v) is 4.77. The number of benzene rings is 1. The van der Waals surface area contributed by atoms with Gasteiger partial charge in [-0.25, -0.2) is 0 Å². The van der Waals surface area contributed by atoms with E-state index < -0.39 is 24.6 Å². The third kappa shape index (κ3) is 7.50. The van der Waals surface area contributed by atoms with Crippen molar-refractivity contribution in [3.63, 3.8) is 0 Å². The van der Waals surface area contributed by atoms with Crippen molar-refractivity contribution in [3.8, 4) is 5.75 Å². The number of hydrogen-bond donors (Lipinski definition) is 3. The molecule has 0 atom stereocenters. The molecule has 0 radical (unpaired) electrons. The van der Waals surface area contributed by atoms with Crippen LogP contribution in [0.4, 0.5) is 13.2 Å². The van der Waals surface area contributed by atoms with E-state index >= 15 is 0 Å². The molecule has 1 aromatic rings. The Morgan fingerprint density at radius 1 is 1.22 bits per heavy atom. The van der Waals surface area contributed by atoms with Gasteiger partial charge in [-0.2, -0.15) is 13.2 Å². The maximum Gasteiger partial charge on any atom is 0.422 e. The van der Waals surface area contributed by atoms with Crippen molar-refractivity contribution >= 4 is 11.8 Å². The zero-order valence-corrected chi connectivity index (χ0v) is 12.5. The lowest BCUT2D eigenvalue weighted by molar-refractivity contribution is -0.153. The number of ether oxygens (including phenoxy) is 1. The zero-order valence-electron chi connectivity index (χ0n) is 12.5. The molecule has 0 aromatic heterocycles. The number of amides is 2. The average molecular weight is 333 g/mol. The Balaban J connectivity index is 2.61. The summed E-state index contributed by atoms with van der Waals surface area (Å²) in [5, 5.41) is 4.76. The van der Waals surface area contributed by atoms with Gasteiger partial charge in [-0.3, -0.25) is 9.59 Å². The Hall–Kier alpha value is -2.29. The summed E-state index contributed by atoms with van der Waals surface area (Å²) in [6, 6.07) is 4.72. The second-order valence-electron chi connectivity index (χ2n) is 4.77. The van der Waals surface area contributed by atoms with Crippen molar-refractivity contribution in [1.82, 2.24) is 10.6 Å². The van der Waals surface area contributed by atoms with E-state index in [-0.39, 0.29) is 25.4 Å². The number of carbonyl (C=O) groups excluding carboxylic acids is 2. The lowest BCUT2D eigenvalue weighted by Gasteiger charge is -2.14. The van der Waals surface area contributed by atoms with Crippen molar-refractivity contribution < 1.29 is 27.5 Å². The zero-order chi connectivity index (χ0) is 17.5. The molecule has 1 aromatic carbocycles. The predicted octanol–water partition coefficient (Wildman–Crippen LogP) is 0.627. The van der Waals surface area contributed by atoms with E-state index in [9.17, 15) is 22.8 Å². The lowest BCUT2D eigenvalue weighted by atomic mass is 10.1. The standard InChI is InChI=1S/C14H18F3N3O3/c1-9-2-3-10(11(4-9)23-8-14(15,16)17)6-19-13(22)7-20-12(21)5-18/h2-4H,5-8,18H2,1H3,(H,19,22)(H,20,21). The first kappa shape index (κ1) is 18.8. The van der Waals surface area contributed by atoms with E-state index in [0.717, 1.165) is 5.56 Å². The van der Waals surface area contributed by atoms with E-state index in [2.05, 4.69) is 10.6 Å². The van der Waals surface area contributed by atoms with Crippen LogP contribution in [0.3, 0.4) is 0 Å². The molecule has 0 saturated carbocycles. The maximum atomic E-state index is 12.3. The summed E-state index contributed by atoms with van der Waals surface area (Å²) in [5.74, 6) is -0.924. The van der Waals surface area contributed by atoms with Gasteiger partial charge in [0.1, 0.15) is 5.75 Å². The summed E-state index contributed by atoms with van der Waals surface area (Å²) in [4.78, 5) is 22.5. The molecular formula is C14H18F3N3O3. The number of aryl methyl sites for hydroxylation is 1. The predicted molar refractivity (Wildman–Crippen MR) is 76.6 cm³/mol. The van der Waals surface area contributed by atoms with Crippen LogP contribution in [0.2, 0.25) is 0 Å². The van der Waals surface area contributed by atoms with E-state index in [1.54, 1.807) is 19.1 Å². The fourth-order valence-electron chi connectivity index (χ4n) is 1.61. The van der Waals surface area contributed by atoms with Crippen LogP contribution in [-0.4, -0.2) is 37.7 Å². The van der Waals surface area contributed by atoms with Gasteiger partial charge in [-0.15, -0.1) is 0 Å². The highest BCUT2D eigenvalue weighted by atomic mass is 19.4. The molecule has 0 spiro atoms. The number of carbonyl (C=O) groups is 2. The van der Waals surface area contributed by atoms with E-state index in [1.807, 2.05) is 0 Å². The van der Waals surface area contributed by atoms with Gasteiger partial charge in [-0.1, -0.05) is 12.1 Å². The van der Waals surface area contributed by atoms with Gasteiger partial charge < -0.3 is 21.1 Å². The number of rotatable bonds is 7. The van der Waals surface area contributed by atoms with Crippen LogP contribution < -0.4 is 21.1 Å². The van der Waals surface area contributed by atoms with Crippen LogP contribution in [0.1, 0.15) is 11.1 Å². The fraction of sp³-hybridized carbons (Fsp3) is 0.429. The van der Waals surface area contributed by atoms with Crippen LogP contribution in [-0.2, 0) is 16.1 Å². The third-order valence-corrected chi connectivity index (χ3v) is 2.72. The van der Waals surface area contributed by atoms with Gasteiger partial charge in [-0.05, 0) is 18.6 Å². The van der Waals surface area contributed by atoms with Crippen molar-refractivity contribution in [1.29, 1.82) is 0 Å². The van der Waals surface area contributed by atoms with Gasteiger partial charge >= 0.3 is 6.18 Å². The fourth-order valence-corrected chi connectivity index (χ4v) is 1.61. The summed E-state index contributed by atoms with van der Waals surface area (Å²) in [5.41, 5.74) is 6.20. The molecule has 4 N–H and O–H groups in total. The van der Waals surface area contributed by atoms with Crippen molar-refractivity contribution in [3.05, 3.63) is 29.3 Å². The molecule has 0 unspecified atom stereocenters. The topological polar surface area (TPSA) is 93.5 Å². The molecule has 0 aliphatic carbocycles. The van der Waals surface area contributed by atoms with Crippen LogP contribution in [0.25, 0.3) is 0 Å². The first-order chi connectivity index (χ1) is 10.7. The minimum Gasteiger partial charge on any atom is -0.484 e. The van der Waals surface area contributed by atoms with Crippen LogP contribution in [0, 0.1) is 6.92 Å². The summed E-state index contributed by atoms with van der Waals surface area (Å²) in [7, 11) is 0. The Morgan fingerprint density at radius 3 is 2.52 bits per heavy atom. The molecule has 128 valence electrons. The molecule has 0 saturated heterocycles. The Morgan fingerprint density at radius 2 is 1.91 bits per heavy atom. The number of hydrogen-bond acceptors (Lipinski definition) is 4. The molecule has 6 nitrogen and oxygen atoms in total. The summed E-state index contributed by atoms with van der Waals surface area (Å²) < 4.78 is 41.5. The second kappa shape index (κ2) is 8.37. The molecular weight excluding hydrogens is 315 g/mol.